The van der Waals surface area contributed by atoms with Gasteiger partial charge in [0, 0.05) is 13.1 Å². The van der Waals surface area contributed by atoms with Crippen molar-refractivity contribution in [1.82, 2.24) is 10.6 Å². The average Bonchev–Trinajstić information content (AvgIpc) is 2.46. The zero-order valence-corrected chi connectivity index (χ0v) is 12.7. The minimum Gasteiger partial charge on any atom is -0.481 e. The Bertz CT molecular complexity index is 390. The molecule has 0 saturated heterocycles. The molecule has 4 nitrogen and oxygen atoms in total. The largest absolute Gasteiger partial charge is 0.481 e. The van der Waals surface area contributed by atoms with Crippen molar-refractivity contribution in [2.45, 2.75) is 46.3 Å². The molecule has 0 radical (unpaired) electrons. The molecule has 1 unspecified atom stereocenters. The first-order chi connectivity index (χ1) is 9.67. The van der Waals surface area contributed by atoms with Crippen LogP contribution in [0.3, 0.4) is 0 Å². The number of carbonyl (C=O) groups excluding carboxylic acids is 1. The van der Waals surface area contributed by atoms with Crippen LogP contribution in [0.1, 0.15) is 39.2 Å². The van der Waals surface area contributed by atoms with Crippen molar-refractivity contribution in [3.05, 3.63) is 29.8 Å². The van der Waals surface area contributed by atoms with Gasteiger partial charge in [0.25, 0.3) is 5.91 Å². The van der Waals surface area contributed by atoms with E-state index in [-0.39, 0.29) is 5.91 Å². The normalized spacial score (nSPS) is 11.9. The van der Waals surface area contributed by atoms with Crippen LogP contribution in [0.25, 0.3) is 0 Å². The highest BCUT2D eigenvalue weighted by molar-refractivity contribution is 5.80. The highest BCUT2D eigenvalue weighted by atomic mass is 16.5. The summed E-state index contributed by atoms with van der Waals surface area (Å²) in [5, 5.41) is 6.14. The molecule has 112 valence electrons. The van der Waals surface area contributed by atoms with E-state index in [0.29, 0.717) is 6.54 Å². The number of hydrogen-bond acceptors (Lipinski definition) is 3. The molecule has 0 bridgehead atoms. The van der Waals surface area contributed by atoms with Crippen molar-refractivity contribution in [3.63, 3.8) is 0 Å². The van der Waals surface area contributed by atoms with E-state index in [2.05, 4.69) is 24.5 Å². The van der Waals surface area contributed by atoms with E-state index in [4.69, 9.17) is 4.74 Å². The van der Waals surface area contributed by atoms with Crippen LogP contribution in [-0.4, -0.2) is 25.1 Å². The zero-order valence-electron chi connectivity index (χ0n) is 12.7. The van der Waals surface area contributed by atoms with Crippen LogP contribution in [0.2, 0.25) is 0 Å². The van der Waals surface area contributed by atoms with E-state index < -0.39 is 6.10 Å². The second-order valence-corrected chi connectivity index (χ2v) is 4.83. The molecule has 1 aromatic rings. The number of amides is 1. The smallest absolute Gasteiger partial charge is 0.260 e. The van der Waals surface area contributed by atoms with Crippen molar-refractivity contribution in [1.29, 1.82) is 0 Å². The molecule has 0 aromatic heterocycles. The Morgan fingerprint density at radius 2 is 1.95 bits per heavy atom. The maximum Gasteiger partial charge on any atom is 0.260 e. The van der Waals surface area contributed by atoms with Gasteiger partial charge in [-0.3, -0.25) is 4.79 Å². The molecule has 0 aliphatic rings. The SMILES string of the molecule is CCCCNC(=O)C(C)Oc1ccc(CNCC)cc1. The molecular formula is C16H26N2O2. The van der Waals surface area contributed by atoms with Crippen LogP contribution in [0.4, 0.5) is 0 Å². The van der Waals surface area contributed by atoms with Gasteiger partial charge >= 0.3 is 0 Å². The Kier molecular flexibility index (Phi) is 7.73. The van der Waals surface area contributed by atoms with E-state index in [1.54, 1.807) is 6.92 Å². The van der Waals surface area contributed by atoms with Crippen LogP contribution in [0.5, 0.6) is 5.75 Å². The number of benzene rings is 1. The van der Waals surface area contributed by atoms with E-state index in [1.807, 2.05) is 24.3 Å². The topological polar surface area (TPSA) is 50.4 Å². The third-order valence-electron chi connectivity index (χ3n) is 3.01. The summed E-state index contributed by atoms with van der Waals surface area (Å²) in [6.45, 7) is 8.47. The van der Waals surface area contributed by atoms with Gasteiger partial charge in [0.2, 0.25) is 0 Å². The molecule has 0 fully saturated rings. The highest BCUT2D eigenvalue weighted by Crippen LogP contribution is 2.14. The standard InChI is InChI=1S/C16H26N2O2/c1-4-6-11-18-16(19)13(3)20-15-9-7-14(8-10-15)12-17-5-2/h7-10,13,17H,4-6,11-12H2,1-3H3,(H,18,19). The molecule has 0 aliphatic carbocycles. The quantitative estimate of drug-likeness (QED) is 0.682. The fourth-order valence-electron chi connectivity index (χ4n) is 1.74. The lowest BCUT2D eigenvalue weighted by molar-refractivity contribution is -0.127. The summed E-state index contributed by atoms with van der Waals surface area (Å²) >= 11 is 0. The summed E-state index contributed by atoms with van der Waals surface area (Å²) < 4.78 is 5.63. The number of rotatable bonds is 9. The van der Waals surface area contributed by atoms with E-state index in [1.165, 1.54) is 5.56 Å². The van der Waals surface area contributed by atoms with Gasteiger partial charge in [-0.05, 0) is 37.6 Å². The van der Waals surface area contributed by atoms with E-state index in [9.17, 15) is 4.79 Å². The Balaban J connectivity index is 2.40. The van der Waals surface area contributed by atoms with Crippen molar-refractivity contribution in [2.24, 2.45) is 0 Å². The van der Waals surface area contributed by atoms with E-state index >= 15 is 0 Å². The molecule has 0 heterocycles. The maximum atomic E-state index is 11.8. The molecule has 0 aliphatic heterocycles. The third kappa shape index (κ3) is 6.06. The van der Waals surface area contributed by atoms with Crippen LogP contribution in [-0.2, 0) is 11.3 Å². The van der Waals surface area contributed by atoms with Crippen molar-refractivity contribution in [2.75, 3.05) is 13.1 Å². The lowest BCUT2D eigenvalue weighted by atomic mass is 10.2. The number of ether oxygens (including phenoxy) is 1. The van der Waals surface area contributed by atoms with Gasteiger partial charge < -0.3 is 15.4 Å². The maximum absolute atomic E-state index is 11.8. The molecule has 2 N–H and O–H groups in total. The summed E-state index contributed by atoms with van der Waals surface area (Å²) in [5.41, 5.74) is 1.21. The fraction of sp³-hybridized carbons (Fsp3) is 0.562. The highest BCUT2D eigenvalue weighted by Gasteiger charge is 2.13. The molecule has 20 heavy (non-hydrogen) atoms. The number of unbranched alkanes of at least 4 members (excludes halogenated alkanes) is 1. The van der Waals surface area contributed by atoms with Crippen molar-refractivity contribution in [3.8, 4) is 5.75 Å². The van der Waals surface area contributed by atoms with E-state index in [0.717, 1.165) is 31.7 Å². The molecular weight excluding hydrogens is 252 g/mol. The Hall–Kier alpha value is -1.55. The number of nitrogens with one attached hydrogen (secondary N) is 2. The monoisotopic (exact) mass is 278 g/mol. The van der Waals surface area contributed by atoms with Gasteiger partial charge in [-0.1, -0.05) is 32.4 Å². The molecule has 0 saturated carbocycles. The van der Waals surface area contributed by atoms with Gasteiger partial charge in [0.15, 0.2) is 6.10 Å². The minimum absolute atomic E-state index is 0.0600. The number of hydrogen-bond donors (Lipinski definition) is 2. The number of carbonyl (C=O) groups is 1. The molecule has 4 heteroatoms. The van der Waals surface area contributed by atoms with Crippen LogP contribution in [0, 0.1) is 0 Å². The average molecular weight is 278 g/mol. The lowest BCUT2D eigenvalue weighted by Gasteiger charge is -2.15. The molecule has 1 aromatic carbocycles. The van der Waals surface area contributed by atoms with Crippen LogP contribution >= 0.6 is 0 Å². The predicted molar refractivity (Wildman–Crippen MR) is 81.8 cm³/mol. The summed E-state index contributed by atoms with van der Waals surface area (Å²) in [7, 11) is 0. The fourth-order valence-corrected chi connectivity index (χ4v) is 1.74. The van der Waals surface area contributed by atoms with Crippen LogP contribution < -0.4 is 15.4 Å². The molecule has 1 atom stereocenters. The first-order valence-corrected chi connectivity index (χ1v) is 7.41. The second kappa shape index (κ2) is 9.37. The Morgan fingerprint density at radius 3 is 2.55 bits per heavy atom. The van der Waals surface area contributed by atoms with Gasteiger partial charge in [-0.25, -0.2) is 0 Å². The molecule has 1 amide bonds. The van der Waals surface area contributed by atoms with Crippen LogP contribution in [0.15, 0.2) is 24.3 Å². The van der Waals surface area contributed by atoms with Crippen molar-refractivity contribution < 1.29 is 9.53 Å². The van der Waals surface area contributed by atoms with Gasteiger partial charge in [0.1, 0.15) is 5.75 Å². The van der Waals surface area contributed by atoms with Gasteiger partial charge in [-0.15, -0.1) is 0 Å². The van der Waals surface area contributed by atoms with Gasteiger partial charge in [0.05, 0.1) is 0 Å². The molecule has 1 rings (SSSR count). The third-order valence-corrected chi connectivity index (χ3v) is 3.01. The summed E-state index contributed by atoms with van der Waals surface area (Å²) in [6.07, 6.45) is 1.60. The Morgan fingerprint density at radius 1 is 1.25 bits per heavy atom. The minimum atomic E-state index is -0.466. The molecule has 0 spiro atoms. The second-order valence-electron chi connectivity index (χ2n) is 4.83. The Labute approximate surface area is 121 Å². The zero-order chi connectivity index (χ0) is 14.8. The first-order valence-electron chi connectivity index (χ1n) is 7.41. The lowest BCUT2D eigenvalue weighted by Crippen LogP contribution is -2.36. The predicted octanol–water partition coefficient (Wildman–Crippen LogP) is 2.48. The summed E-state index contributed by atoms with van der Waals surface area (Å²) in [6, 6.07) is 7.84. The summed E-state index contributed by atoms with van der Waals surface area (Å²) in [4.78, 5) is 11.8. The van der Waals surface area contributed by atoms with Crippen molar-refractivity contribution >= 4 is 5.91 Å². The van der Waals surface area contributed by atoms with Gasteiger partial charge in [-0.2, -0.15) is 0 Å². The summed E-state index contributed by atoms with van der Waals surface area (Å²) in [5.74, 6) is 0.665. The first kappa shape index (κ1) is 16.5.